The van der Waals surface area contributed by atoms with Gasteiger partial charge in [-0.1, -0.05) is 18.2 Å². The van der Waals surface area contributed by atoms with Gasteiger partial charge in [-0.2, -0.15) is 5.10 Å². The van der Waals surface area contributed by atoms with E-state index >= 15 is 0 Å². The van der Waals surface area contributed by atoms with Crippen molar-refractivity contribution in [3.05, 3.63) is 78.4 Å². The maximum absolute atomic E-state index is 12.5. The molecule has 1 amide bonds. The van der Waals surface area contributed by atoms with Gasteiger partial charge in [0.15, 0.2) is 0 Å². The lowest BCUT2D eigenvalue weighted by molar-refractivity contribution is 0.0785. The van der Waals surface area contributed by atoms with Crippen molar-refractivity contribution in [1.29, 1.82) is 0 Å². The molecule has 0 aliphatic rings. The third-order valence-corrected chi connectivity index (χ3v) is 3.37. The zero-order valence-corrected chi connectivity index (χ0v) is 12.3. The molecule has 2 heterocycles. The monoisotopic (exact) mass is 292 g/mol. The van der Waals surface area contributed by atoms with Crippen LogP contribution in [0.3, 0.4) is 0 Å². The molecular weight excluding hydrogens is 276 g/mol. The SMILES string of the molecule is CN(Cc1ccncc1)C(=O)c1cnn(-c2ccccc2)c1. The van der Waals surface area contributed by atoms with Crippen LogP contribution in [0.15, 0.2) is 67.3 Å². The van der Waals surface area contributed by atoms with E-state index in [1.54, 1.807) is 41.4 Å². The summed E-state index contributed by atoms with van der Waals surface area (Å²) in [6.45, 7) is 0.540. The van der Waals surface area contributed by atoms with E-state index in [4.69, 9.17) is 0 Å². The van der Waals surface area contributed by atoms with Crippen molar-refractivity contribution in [2.45, 2.75) is 6.54 Å². The quantitative estimate of drug-likeness (QED) is 0.742. The molecule has 0 aliphatic heterocycles. The third-order valence-electron chi connectivity index (χ3n) is 3.37. The van der Waals surface area contributed by atoms with Gasteiger partial charge < -0.3 is 4.90 Å². The average Bonchev–Trinajstić information content (AvgIpc) is 3.06. The normalized spacial score (nSPS) is 10.4. The van der Waals surface area contributed by atoms with Gasteiger partial charge in [-0.25, -0.2) is 4.68 Å². The Hall–Kier alpha value is -2.95. The van der Waals surface area contributed by atoms with Crippen LogP contribution in [-0.2, 0) is 6.54 Å². The van der Waals surface area contributed by atoms with E-state index in [-0.39, 0.29) is 5.91 Å². The molecule has 0 N–H and O–H groups in total. The fraction of sp³-hybridized carbons (Fsp3) is 0.118. The van der Waals surface area contributed by atoms with Crippen LogP contribution in [0.5, 0.6) is 0 Å². The number of hydrogen-bond acceptors (Lipinski definition) is 3. The van der Waals surface area contributed by atoms with E-state index in [0.29, 0.717) is 12.1 Å². The van der Waals surface area contributed by atoms with Gasteiger partial charge in [0.05, 0.1) is 17.4 Å². The molecule has 0 atom stereocenters. The molecule has 1 aromatic carbocycles. The number of para-hydroxylation sites is 1. The summed E-state index contributed by atoms with van der Waals surface area (Å²) in [4.78, 5) is 18.1. The van der Waals surface area contributed by atoms with Crippen LogP contribution in [0, 0.1) is 0 Å². The number of nitrogens with zero attached hydrogens (tertiary/aromatic N) is 4. The number of rotatable bonds is 4. The molecule has 0 bridgehead atoms. The number of hydrogen-bond donors (Lipinski definition) is 0. The van der Waals surface area contributed by atoms with E-state index < -0.39 is 0 Å². The smallest absolute Gasteiger partial charge is 0.257 e. The van der Waals surface area contributed by atoms with Gasteiger partial charge in [0, 0.05) is 32.2 Å². The molecule has 3 aromatic rings. The number of carbonyl (C=O) groups is 1. The molecule has 0 unspecified atom stereocenters. The van der Waals surface area contributed by atoms with Crippen molar-refractivity contribution in [3.8, 4) is 5.69 Å². The van der Waals surface area contributed by atoms with Crippen LogP contribution >= 0.6 is 0 Å². The molecule has 2 aromatic heterocycles. The fourth-order valence-corrected chi connectivity index (χ4v) is 2.21. The first-order valence-corrected chi connectivity index (χ1v) is 6.98. The Bertz CT molecular complexity index is 753. The highest BCUT2D eigenvalue weighted by molar-refractivity contribution is 5.93. The summed E-state index contributed by atoms with van der Waals surface area (Å²) in [5, 5.41) is 4.26. The zero-order chi connectivity index (χ0) is 15.4. The summed E-state index contributed by atoms with van der Waals surface area (Å²) < 4.78 is 1.70. The van der Waals surface area contributed by atoms with Crippen LogP contribution in [0.1, 0.15) is 15.9 Å². The van der Waals surface area contributed by atoms with Crippen molar-refractivity contribution in [2.75, 3.05) is 7.05 Å². The second-order valence-electron chi connectivity index (χ2n) is 5.03. The predicted molar refractivity (Wildman–Crippen MR) is 83.6 cm³/mol. The summed E-state index contributed by atoms with van der Waals surface area (Å²) in [5.41, 5.74) is 2.54. The Balaban J connectivity index is 1.74. The minimum Gasteiger partial charge on any atom is -0.337 e. The van der Waals surface area contributed by atoms with E-state index in [1.807, 2.05) is 42.5 Å². The van der Waals surface area contributed by atoms with Crippen molar-refractivity contribution in [3.63, 3.8) is 0 Å². The Labute approximate surface area is 128 Å². The number of carbonyl (C=O) groups excluding carboxylic acids is 1. The van der Waals surface area contributed by atoms with E-state index in [1.165, 1.54) is 0 Å². The molecule has 5 nitrogen and oxygen atoms in total. The molecule has 0 spiro atoms. The van der Waals surface area contributed by atoms with Crippen LogP contribution in [0.4, 0.5) is 0 Å². The van der Waals surface area contributed by atoms with Crippen LogP contribution in [0.2, 0.25) is 0 Å². The highest BCUT2D eigenvalue weighted by Crippen LogP contribution is 2.11. The topological polar surface area (TPSA) is 51.0 Å². The Kier molecular flexibility index (Phi) is 3.96. The maximum atomic E-state index is 12.5. The largest absolute Gasteiger partial charge is 0.337 e. The molecule has 0 aliphatic carbocycles. The van der Waals surface area contributed by atoms with Crippen molar-refractivity contribution < 1.29 is 4.79 Å². The lowest BCUT2D eigenvalue weighted by Crippen LogP contribution is -2.25. The first-order chi connectivity index (χ1) is 10.7. The minimum absolute atomic E-state index is 0.0565. The number of aromatic nitrogens is 3. The summed E-state index contributed by atoms with van der Waals surface area (Å²) in [6, 6.07) is 13.5. The summed E-state index contributed by atoms with van der Waals surface area (Å²) >= 11 is 0. The van der Waals surface area contributed by atoms with Gasteiger partial charge >= 0.3 is 0 Å². The molecule has 0 saturated carbocycles. The van der Waals surface area contributed by atoms with Gasteiger partial charge in [-0.05, 0) is 29.8 Å². The standard InChI is InChI=1S/C17H16N4O/c1-20(12-14-7-9-18-10-8-14)17(22)15-11-19-21(13-15)16-5-3-2-4-6-16/h2-11,13H,12H2,1H3. The van der Waals surface area contributed by atoms with Gasteiger partial charge in [0.25, 0.3) is 5.91 Å². The first kappa shape index (κ1) is 14.0. The number of amides is 1. The number of benzene rings is 1. The van der Waals surface area contributed by atoms with Gasteiger partial charge in [0.2, 0.25) is 0 Å². The lowest BCUT2D eigenvalue weighted by atomic mass is 10.2. The van der Waals surface area contributed by atoms with Crippen LogP contribution in [0.25, 0.3) is 5.69 Å². The highest BCUT2D eigenvalue weighted by Gasteiger charge is 2.14. The van der Waals surface area contributed by atoms with Crippen LogP contribution in [-0.4, -0.2) is 32.6 Å². The Morgan fingerprint density at radius 3 is 2.59 bits per heavy atom. The minimum atomic E-state index is -0.0565. The molecule has 0 saturated heterocycles. The van der Waals surface area contributed by atoms with E-state index in [9.17, 15) is 4.79 Å². The second kappa shape index (κ2) is 6.22. The zero-order valence-electron chi connectivity index (χ0n) is 12.3. The van der Waals surface area contributed by atoms with Crippen molar-refractivity contribution >= 4 is 5.91 Å². The van der Waals surface area contributed by atoms with Gasteiger partial charge in [0.1, 0.15) is 0 Å². The fourth-order valence-electron chi connectivity index (χ4n) is 2.21. The highest BCUT2D eigenvalue weighted by atomic mass is 16.2. The van der Waals surface area contributed by atoms with Gasteiger partial charge in [-0.15, -0.1) is 0 Å². The molecular formula is C17H16N4O. The summed E-state index contributed by atoms with van der Waals surface area (Å²) in [6.07, 6.45) is 6.79. The lowest BCUT2D eigenvalue weighted by Gasteiger charge is -2.16. The summed E-state index contributed by atoms with van der Waals surface area (Å²) in [5.74, 6) is -0.0565. The Morgan fingerprint density at radius 2 is 1.86 bits per heavy atom. The molecule has 5 heteroatoms. The average molecular weight is 292 g/mol. The van der Waals surface area contributed by atoms with Crippen molar-refractivity contribution in [1.82, 2.24) is 19.7 Å². The van der Waals surface area contributed by atoms with Crippen LogP contribution < -0.4 is 0 Å². The van der Waals surface area contributed by atoms with E-state index in [2.05, 4.69) is 10.1 Å². The second-order valence-corrected chi connectivity index (χ2v) is 5.03. The molecule has 110 valence electrons. The molecule has 0 fully saturated rings. The first-order valence-electron chi connectivity index (χ1n) is 6.98. The van der Waals surface area contributed by atoms with Gasteiger partial charge in [-0.3, -0.25) is 9.78 Å². The molecule has 22 heavy (non-hydrogen) atoms. The predicted octanol–water partition coefficient (Wildman–Crippen LogP) is 2.54. The molecule has 0 radical (unpaired) electrons. The van der Waals surface area contributed by atoms with E-state index in [0.717, 1.165) is 11.3 Å². The third kappa shape index (κ3) is 3.03. The Morgan fingerprint density at radius 1 is 1.14 bits per heavy atom. The number of pyridine rings is 1. The molecule has 3 rings (SSSR count). The maximum Gasteiger partial charge on any atom is 0.257 e. The van der Waals surface area contributed by atoms with Crippen molar-refractivity contribution in [2.24, 2.45) is 0 Å². The summed E-state index contributed by atoms with van der Waals surface area (Å²) in [7, 11) is 1.78.